The van der Waals surface area contributed by atoms with Crippen molar-refractivity contribution < 1.29 is 37.0 Å². The quantitative estimate of drug-likeness (QED) is 0.644. The molecular formula is C25H21F3N2O5. The van der Waals surface area contributed by atoms with Crippen molar-refractivity contribution in [1.82, 2.24) is 0 Å². The first-order chi connectivity index (χ1) is 16.7. The van der Waals surface area contributed by atoms with E-state index in [4.69, 9.17) is 19.9 Å². The lowest BCUT2D eigenvalue weighted by molar-refractivity contribution is -0.138. The number of hydrogen-bond acceptors (Lipinski definition) is 7. The number of halogens is 3. The molecule has 2 N–H and O–H groups in total. The Morgan fingerprint density at radius 1 is 1.11 bits per heavy atom. The molecule has 0 bridgehead atoms. The molecule has 35 heavy (non-hydrogen) atoms. The van der Waals surface area contributed by atoms with Gasteiger partial charge in [-0.25, -0.2) is 4.79 Å². The Kier molecular flexibility index (Phi) is 5.46. The number of esters is 1. The molecule has 0 saturated heterocycles. The Bertz CT molecular complexity index is 1300. The lowest BCUT2D eigenvalue weighted by Crippen LogP contribution is -2.41. The first-order valence-corrected chi connectivity index (χ1v) is 10.9. The molecule has 10 heteroatoms. The van der Waals surface area contributed by atoms with Crippen molar-refractivity contribution in [2.45, 2.75) is 31.4 Å². The Labute approximate surface area is 198 Å². The van der Waals surface area contributed by atoms with E-state index in [1.165, 1.54) is 24.1 Å². The molecule has 0 unspecified atom stereocenters. The molecule has 5 rings (SSSR count). The average Bonchev–Trinajstić information content (AvgIpc) is 3.30. The first kappa shape index (κ1) is 22.8. The number of Topliss-reactive ketones (excluding diaryl/α,β-unsaturated/α-hetero) is 1. The van der Waals surface area contributed by atoms with E-state index in [-0.39, 0.29) is 36.1 Å². The molecule has 3 aliphatic rings. The molecule has 2 aromatic rings. The number of nitrogens with two attached hydrogens (primary N) is 1. The van der Waals surface area contributed by atoms with E-state index in [1.807, 2.05) is 0 Å². The van der Waals surface area contributed by atoms with Crippen LogP contribution in [0.1, 0.15) is 36.3 Å². The number of ether oxygens (including phenoxy) is 3. The van der Waals surface area contributed by atoms with E-state index in [1.54, 1.807) is 18.2 Å². The summed E-state index contributed by atoms with van der Waals surface area (Å²) in [6.45, 7) is 0.0431. The van der Waals surface area contributed by atoms with Gasteiger partial charge in [0, 0.05) is 23.4 Å². The third-order valence-corrected chi connectivity index (χ3v) is 6.36. The highest BCUT2D eigenvalue weighted by molar-refractivity contribution is 6.05. The van der Waals surface area contributed by atoms with Crippen LogP contribution < -0.4 is 20.1 Å². The third kappa shape index (κ3) is 3.78. The normalized spacial score (nSPS) is 19.7. The maximum Gasteiger partial charge on any atom is 0.416 e. The number of fused-ring (bicyclic) bond motifs is 1. The average molecular weight is 486 g/mol. The number of carbonyl (C=O) groups excluding carboxylic acids is 2. The van der Waals surface area contributed by atoms with Crippen LogP contribution in [0.5, 0.6) is 11.5 Å². The first-order valence-electron chi connectivity index (χ1n) is 10.9. The summed E-state index contributed by atoms with van der Waals surface area (Å²) >= 11 is 0. The number of allylic oxidation sites excluding steroid dienone is 2. The Morgan fingerprint density at radius 3 is 2.63 bits per heavy atom. The lowest BCUT2D eigenvalue weighted by Gasteiger charge is -2.40. The van der Waals surface area contributed by atoms with Crippen molar-refractivity contribution in [3.63, 3.8) is 0 Å². The zero-order valence-corrected chi connectivity index (χ0v) is 18.6. The minimum atomic E-state index is -4.58. The SMILES string of the molecule is COC(=O)C1=C(N)N(c2cccc(C(F)(F)F)c2)C2=C(C(=O)CCC2)[C@@H]1c1ccc2c(c1)OCO2. The Balaban J connectivity index is 1.74. The van der Waals surface area contributed by atoms with Crippen LogP contribution in [0.2, 0.25) is 0 Å². The third-order valence-electron chi connectivity index (χ3n) is 6.36. The van der Waals surface area contributed by atoms with Crippen molar-refractivity contribution in [2.24, 2.45) is 5.73 Å². The van der Waals surface area contributed by atoms with Gasteiger partial charge < -0.3 is 19.9 Å². The van der Waals surface area contributed by atoms with Crippen molar-refractivity contribution in [1.29, 1.82) is 0 Å². The molecule has 0 radical (unpaired) electrons. The van der Waals surface area contributed by atoms with Crippen molar-refractivity contribution in [3.8, 4) is 11.5 Å². The maximum atomic E-state index is 13.5. The standard InChI is InChI=1S/C25H21F3N2O5/c1-33-24(32)22-20(13-8-9-18-19(10-13)35-12-34-18)21-16(6-3-7-17(21)31)30(23(22)29)15-5-2-4-14(11-15)25(26,27)28/h2,4-5,8-11,20H,3,6-7,12,29H2,1H3/t20-/m0/s1. The number of nitrogens with zero attached hydrogens (tertiary/aromatic N) is 1. The van der Waals surface area contributed by atoms with Crippen molar-refractivity contribution in [3.05, 3.63) is 76.3 Å². The molecule has 0 spiro atoms. The highest BCUT2D eigenvalue weighted by atomic mass is 19.4. The summed E-state index contributed by atoms with van der Waals surface area (Å²) in [5, 5.41) is 0. The number of rotatable bonds is 3. The van der Waals surface area contributed by atoms with Gasteiger partial charge in [-0.05, 0) is 48.7 Å². The smallest absolute Gasteiger partial charge is 0.416 e. The minimum Gasteiger partial charge on any atom is -0.466 e. The van der Waals surface area contributed by atoms with Crippen LogP contribution >= 0.6 is 0 Å². The van der Waals surface area contributed by atoms with Gasteiger partial charge in [0.15, 0.2) is 17.3 Å². The number of benzene rings is 2. The minimum absolute atomic E-state index is 0.0298. The lowest BCUT2D eigenvalue weighted by atomic mass is 9.75. The van der Waals surface area contributed by atoms with Gasteiger partial charge in [0.25, 0.3) is 0 Å². The van der Waals surface area contributed by atoms with Crippen LogP contribution in [-0.4, -0.2) is 25.7 Å². The molecule has 7 nitrogen and oxygen atoms in total. The van der Waals surface area contributed by atoms with Gasteiger partial charge in [0.2, 0.25) is 6.79 Å². The zero-order valence-electron chi connectivity index (χ0n) is 18.6. The number of carbonyl (C=O) groups is 2. The summed E-state index contributed by atoms with van der Waals surface area (Å²) in [7, 11) is 1.18. The predicted octanol–water partition coefficient (Wildman–Crippen LogP) is 4.39. The van der Waals surface area contributed by atoms with Gasteiger partial charge in [-0.2, -0.15) is 13.2 Å². The molecule has 0 amide bonds. The van der Waals surface area contributed by atoms with Gasteiger partial charge in [-0.1, -0.05) is 12.1 Å². The summed E-state index contributed by atoms with van der Waals surface area (Å²) in [6.07, 6.45) is -3.44. The van der Waals surface area contributed by atoms with Crippen LogP contribution in [-0.2, 0) is 20.5 Å². The van der Waals surface area contributed by atoms with Gasteiger partial charge in [-0.15, -0.1) is 0 Å². The molecule has 2 aromatic carbocycles. The molecule has 2 heterocycles. The van der Waals surface area contributed by atoms with Gasteiger partial charge in [0.1, 0.15) is 5.82 Å². The van der Waals surface area contributed by atoms with E-state index in [0.717, 1.165) is 12.1 Å². The summed E-state index contributed by atoms with van der Waals surface area (Å²) in [4.78, 5) is 27.7. The maximum absolute atomic E-state index is 13.5. The molecule has 0 fully saturated rings. The molecule has 1 atom stereocenters. The number of methoxy groups -OCH3 is 1. The number of ketones is 1. The summed E-state index contributed by atoms with van der Waals surface area (Å²) in [5.74, 6) is -0.979. The van der Waals surface area contributed by atoms with E-state index in [0.29, 0.717) is 41.2 Å². The molecule has 0 saturated carbocycles. The number of alkyl halides is 3. The van der Waals surface area contributed by atoms with Crippen molar-refractivity contribution >= 4 is 17.4 Å². The predicted molar refractivity (Wildman–Crippen MR) is 118 cm³/mol. The van der Waals surface area contributed by atoms with Crippen LogP contribution in [0, 0.1) is 0 Å². The van der Waals surface area contributed by atoms with E-state index in [9.17, 15) is 22.8 Å². The summed E-state index contributed by atoms with van der Waals surface area (Å²) < 4.78 is 56.2. The van der Waals surface area contributed by atoms with E-state index < -0.39 is 23.6 Å². The summed E-state index contributed by atoms with van der Waals surface area (Å²) in [5.41, 5.74) is 7.04. The second kappa shape index (κ2) is 8.37. The van der Waals surface area contributed by atoms with E-state index >= 15 is 0 Å². The Morgan fingerprint density at radius 2 is 1.89 bits per heavy atom. The monoisotopic (exact) mass is 486 g/mol. The highest BCUT2D eigenvalue weighted by Crippen LogP contribution is 2.48. The van der Waals surface area contributed by atoms with E-state index in [2.05, 4.69) is 0 Å². The second-order valence-electron chi connectivity index (χ2n) is 8.36. The molecule has 1 aliphatic carbocycles. The topological polar surface area (TPSA) is 91.1 Å². The molecule has 0 aromatic heterocycles. The molecule has 2 aliphatic heterocycles. The van der Waals surface area contributed by atoms with Crippen LogP contribution in [0.25, 0.3) is 0 Å². The number of anilines is 1. The highest BCUT2D eigenvalue weighted by Gasteiger charge is 2.43. The van der Waals surface area contributed by atoms with Gasteiger partial charge in [-0.3, -0.25) is 9.69 Å². The van der Waals surface area contributed by atoms with Gasteiger partial charge >= 0.3 is 12.1 Å². The Hall–Kier alpha value is -3.95. The molecule has 182 valence electrons. The van der Waals surface area contributed by atoms with Crippen LogP contribution in [0.3, 0.4) is 0 Å². The fourth-order valence-electron chi connectivity index (χ4n) is 4.84. The zero-order chi connectivity index (χ0) is 24.9. The largest absolute Gasteiger partial charge is 0.466 e. The van der Waals surface area contributed by atoms with Crippen LogP contribution in [0.4, 0.5) is 18.9 Å². The fourth-order valence-corrected chi connectivity index (χ4v) is 4.84. The fraction of sp³-hybridized carbons (Fsp3) is 0.280. The summed E-state index contributed by atoms with van der Waals surface area (Å²) in [6, 6.07) is 9.68. The molecular weight excluding hydrogens is 465 g/mol. The number of hydrogen-bond donors (Lipinski definition) is 1. The van der Waals surface area contributed by atoms with Gasteiger partial charge in [0.05, 0.1) is 24.2 Å². The second-order valence-corrected chi connectivity index (χ2v) is 8.36. The van der Waals surface area contributed by atoms with Crippen molar-refractivity contribution in [2.75, 3.05) is 18.8 Å². The van der Waals surface area contributed by atoms with Crippen LogP contribution in [0.15, 0.2) is 65.1 Å².